The van der Waals surface area contributed by atoms with E-state index < -0.39 is 20.2 Å². The molecule has 0 heterocycles. The van der Waals surface area contributed by atoms with Gasteiger partial charge in [0.1, 0.15) is 0 Å². The molecule has 5 heteroatoms. The second-order valence-corrected chi connectivity index (χ2v) is 7.11. The molecule has 1 atom stereocenters. The van der Waals surface area contributed by atoms with Crippen molar-refractivity contribution in [3.05, 3.63) is 120 Å². The molecule has 0 radical (unpaired) electrons. The first kappa shape index (κ1) is 20.0. The second-order valence-electron chi connectivity index (χ2n) is 6.27. The van der Waals surface area contributed by atoms with Crippen LogP contribution in [0.2, 0.25) is 0 Å². The minimum atomic E-state index is -2.52. The number of rotatable bonds is 7. The van der Waals surface area contributed by atoms with Crippen molar-refractivity contribution in [2.24, 2.45) is 0 Å². The SMILES string of the molecule is C=C(C)C(=O)OP(O)OC(c1ccccc1)(c1ccccc1)c1ccccc1. The Hall–Kier alpha value is -2.78. The molecular formula is C23H21O4P. The quantitative estimate of drug-likeness (QED) is 0.335. The Bertz CT molecular complexity index is 830. The van der Waals surface area contributed by atoms with Gasteiger partial charge in [0.2, 0.25) is 0 Å². The normalized spacial score (nSPS) is 12.2. The zero-order valence-electron chi connectivity index (χ0n) is 15.5. The van der Waals surface area contributed by atoms with Gasteiger partial charge in [-0.3, -0.25) is 4.52 Å². The van der Waals surface area contributed by atoms with Crippen molar-refractivity contribution in [1.82, 2.24) is 0 Å². The van der Waals surface area contributed by atoms with Gasteiger partial charge in [-0.2, -0.15) is 0 Å². The van der Waals surface area contributed by atoms with E-state index in [2.05, 4.69) is 6.58 Å². The highest BCUT2D eigenvalue weighted by atomic mass is 31.2. The summed E-state index contributed by atoms with van der Waals surface area (Å²) in [7, 11) is -2.52. The molecule has 0 saturated heterocycles. The topological polar surface area (TPSA) is 55.8 Å². The Morgan fingerprint density at radius 3 is 1.50 bits per heavy atom. The van der Waals surface area contributed by atoms with Gasteiger partial charge in [-0.05, 0) is 23.6 Å². The van der Waals surface area contributed by atoms with Crippen molar-refractivity contribution in [1.29, 1.82) is 0 Å². The second kappa shape index (κ2) is 8.94. The molecule has 0 aromatic heterocycles. The van der Waals surface area contributed by atoms with Crippen LogP contribution in [0.15, 0.2) is 103 Å². The van der Waals surface area contributed by atoms with E-state index in [0.29, 0.717) is 0 Å². The summed E-state index contributed by atoms with van der Waals surface area (Å²) < 4.78 is 11.2. The summed E-state index contributed by atoms with van der Waals surface area (Å²) in [6.07, 6.45) is 0. The average molecular weight is 392 g/mol. The molecular weight excluding hydrogens is 371 g/mol. The Kier molecular flexibility index (Phi) is 6.37. The molecule has 3 rings (SSSR count). The maximum Gasteiger partial charge on any atom is 0.398 e. The molecule has 0 bridgehead atoms. The van der Waals surface area contributed by atoms with Crippen molar-refractivity contribution in [2.45, 2.75) is 12.5 Å². The van der Waals surface area contributed by atoms with Gasteiger partial charge in [0.15, 0.2) is 5.60 Å². The molecule has 1 N–H and O–H groups in total. The van der Waals surface area contributed by atoms with Gasteiger partial charge in [-0.1, -0.05) is 97.6 Å². The summed E-state index contributed by atoms with van der Waals surface area (Å²) in [5, 5.41) is 0. The first-order valence-electron chi connectivity index (χ1n) is 8.76. The first-order chi connectivity index (χ1) is 13.5. The Labute approximate surface area is 166 Å². The monoisotopic (exact) mass is 392 g/mol. The van der Waals surface area contributed by atoms with Crippen LogP contribution >= 0.6 is 8.60 Å². The van der Waals surface area contributed by atoms with E-state index in [4.69, 9.17) is 9.05 Å². The lowest BCUT2D eigenvalue weighted by Gasteiger charge is -2.36. The molecule has 0 aliphatic heterocycles. The molecule has 142 valence electrons. The van der Waals surface area contributed by atoms with E-state index in [9.17, 15) is 9.69 Å². The molecule has 1 unspecified atom stereocenters. The Morgan fingerprint density at radius 1 is 0.821 bits per heavy atom. The summed E-state index contributed by atoms with van der Waals surface area (Å²) in [4.78, 5) is 22.4. The summed E-state index contributed by atoms with van der Waals surface area (Å²) in [6, 6.07) is 28.7. The van der Waals surface area contributed by atoms with Gasteiger partial charge in [0, 0.05) is 5.57 Å². The number of benzene rings is 3. The molecule has 3 aromatic carbocycles. The van der Waals surface area contributed by atoms with Gasteiger partial charge in [-0.25, -0.2) is 4.79 Å². The zero-order chi connectivity index (χ0) is 20.0. The van der Waals surface area contributed by atoms with E-state index in [1.165, 1.54) is 6.92 Å². The van der Waals surface area contributed by atoms with Gasteiger partial charge in [0.05, 0.1) is 0 Å². The van der Waals surface area contributed by atoms with Crippen LogP contribution in [-0.2, 0) is 19.4 Å². The van der Waals surface area contributed by atoms with Crippen LogP contribution in [0, 0.1) is 0 Å². The smallest absolute Gasteiger partial charge is 0.391 e. The lowest BCUT2D eigenvalue weighted by molar-refractivity contribution is -0.131. The van der Waals surface area contributed by atoms with Crippen molar-refractivity contribution < 1.29 is 18.7 Å². The number of carbonyl (C=O) groups excluding carboxylic acids is 1. The van der Waals surface area contributed by atoms with Crippen molar-refractivity contribution in [2.75, 3.05) is 0 Å². The fourth-order valence-corrected chi connectivity index (χ4v) is 3.85. The molecule has 0 saturated carbocycles. The summed E-state index contributed by atoms with van der Waals surface area (Å²) >= 11 is 0. The molecule has 4 nitrogen and oxygen atoms in total. The number of carbonyl (C=O) groups is 1. The van der Waals surface area contributed by atoms with E-state index in [1.54, 1.807) is 0 Å². The number of hydrogen-bond acceptors (Lipinski definition) is 4. The average Bonchev–Trinajstić information content (AvgIpc) is 2.74. The standard InChI is InChI=1S/C23H21O4P/c1-18(2)22(24)26-28(25)27-23(19-12-6-3-7-13-19,20-14-8-4-9-15-20)21-16-10-5-11-17-21/h3-17,25H,1H2,2H3. The highest BCUT2D eigenvalue weighted by Gasteiger charge is 2.41. The maximum absolute atomic E-state index is 11.9. The fourth-order valence-electron chi connectivity index (χ4n) is 2.96. The Morgan fingerprint density at radius 2 is 1.18 bits per heavy atom. The lowest BCUT2D eigenvalue weighted by Crippen LogP contribution is -2.31. The van der Waals surface area contributed by atoms with Crippen LogP contribution < -0.4 is 0 Å². The molecule has 0 fully saturated rings. The van der Waals surface area contributed by atoms with Crippen LogP contribution in [0.3, 0.4) is 0 Å². The maximum atomic E-state index is 11.9. The summed E-state index contributed by atoms with van der Waals surface area (Å²) in [5.41, 5.74) is 1.45. The molecule has 3 aromatic rings. The largest absolute Gasteiger partial charge is 0.398 e. The van der Waals surface area contributed by atoms with Crippen LogP contribution in [-0.4, -0.2) is 10.9 Å². The molecule has 0 aliphatic carbocycles. The predicted molar refractivity (Wildman–Crippen MR) is 110 cm³/mol. The molecule has 0 amide bonds. The number of hydrogen-bond donors (Lipinski definition) is 1. The minimum absolute atomic E-state index is 0.190. The summed E-state index contributed by atoms with van der Waals surface area (Å²) in [6.45, 7) is 5.07. The van der Waals surface area contributed by atoms with Crippen molar-refractivity contribution in [3.8, 4) is 0 Å². The van der Waals surface area contributed by atoms with Gasteiger partial charge in [-0.15, -0.1) is 0 Å². The Balaban J connectivity index is 2.16. The van der Waals surface area contributed by atoms with E-state index >= 15 is 0 Å². The van der Waals surface area contributed by atoms with Crippen LogP contribution in [0.4, 0.5) is 0 Å². The van der Waals surface area contributed by atoms with Gasteiger partial charge >= 0.3 is 14.6 Å². The third-order valence-electron chi connectivity index (χ3n) is 4.27. The predicted octanol–water partition coefficient (Wildman–Crippen LogP) is 5.33. The van der Waals surface area contributed by atoms with Crippen LogP contribution in [0.1, 0.15) is 23.6 Å². The van der Waals surface area contributed by atoms with Crippen molar-refractivity contribution in [3.63, 3.8) is 0 Å². The zero-order valence-corrected chi connectivity index (χ0v) is 16.4. The van der Waals surface area contributed by atoms with E-state index in [-0.39, 0.29) is 5.57 Å². The third kappa shape index (κ3) is 4.20. The lowest BCUT2D eigenvalue weighted by atomic mass is 9.80. The fraction of sp³-hybridized carbons (Fsp3) is 0.0870. The minimum Gasteiger partial charge on any atom is -0.391 e. The van der Waals surface area contributed by atoms with Crippen molar-refractivity contribution >= 4 is 14.6 Å². The highest BCUT2D eigenvalue weighted by Crippen LogP contribution is 2.50. The molecule has 28 heavy (non-hydrogen) atoms. The summed E-state index contributed by atoms with van der Waals surface area (Å²) in [5.74, 6) is -0.698. The first-order valence-corrected chi connectivity index (χ1v) is 9.89. The van der Waals surface area contributed by atoms with Gasteiger partial charge in [0.25, 0.3) is 0 Å². The highest BCUT2D eigenvalue weighted by molar-refractivity contribution is 7.41. The molecule has 0 spiro atoms. The van der Waals surface area contributed by atoms with E-state index in [1.807, 2.05) is 91.0 Å². The third-order valence-corrected chi connectivity index (χ3v) is 5.02. The van der Waals surface area contributed by atoms with E-state index in [0.717, 1.165) is 16.7 Å². The van der Waals surface area contributed by atoms with Gasteiger partial charge < -0.3 is 9.42 Å². The molecule has 0 aliphatic rings. The van der Waals surface area contributed by atoms with Crippen LogP contribution in [0.5, 0.6) is 0 Å². The van der Waals surface area contributed by atoms with Crippen LogP contribution in [0.25, 0.3) is 0 Å².